The summed E-state index contributed by atoms with van der Waals surface area (Å²) in [5.41, 5.74) is -19.2. The normalized spacial score (nSPS) is 18.4. The van der Waals surface area contributed by atoms with Gasteiger partial charge in [-0.3, -0.25) is 4.57 Å². The van der Waals surface area contributed by atoms with E-state index in [4.69, 9.17) is 4.89 Å². The average Bonchev–Trinajstić information content (AvgIpc) is 2.80. The summed E-state index contributed by atoms with van der Waals surface area (Å²) in [7, 11) is -11.0. The van der Waals surface area contributed by atoms with E-state index < -0.39 is 90.3 Å². The fraction of sp³-hybridized carbons (Fsp3) is 1.00. The van der Waals surface area contributed by atoms with Crippen molar-refractivity contribution in [1.29, 1.82) is 0 Å². The molecule has 0 aromatic heterocycles. The van der Waals surface area contributed by atoms with Crippen LogP contribution >= 0.6 is 7.37 Å². The maximum Gasteiger partial charge on any atom is 0.460 e. The highest BCUT2D eigenvalue weighted by Crippen LogP contribution is 2.79. The number of alkyl halides is 30. The van der Waals surface area contributed by atoms with Crippen molar-refractivity contribution in [1.82, 2.24) is 0 Å². The first-order chi connectivity index (χ1) is 19.5. The largest absolute Gasteiger partial charge is 0.460 e. The molecular weight excluding hydrogens is 801 g/mol. The van der Waals surface area contributed by atoms with Gasteiger partial charge in [-0.15, -0.1) is 0 Å². The summed E-state index contributed by atoms with van der Waals surface area (Å²) in [6, 6.07) is 0. The molecule has 0 heterocycles. The first-order valence-electron chi connectivity index (χ1n) is 9.50. The van der Waals surface area contributed by atoms with Gasteiger partial charge in [-0.25, -0.2) is 0 Å². The molecule has 1 unspecified atom stereocenters. The molecule has 0 rings (SSSR count). The molecule has 2 nitrogen and oxygen atoms in total. The maximum atomic E-state index is 13.8. The lowest BCUT2D eigenvalue weighted by atomic mass is 9.91. The zero-order chi connectivity index (χ0) is 39.5. The zero-order valence-corrected chi connectivity index (χ0v) is 20.5. The Morgan fingerprint density at radius 2 is 0.383 bits per heavy atom. The monoisotopic (exact) mass is 802 g/mol. The molecule has 0 bridgehead atoms. The highest BCUT2D eigenvalue weighted by Gasteiger charge is 3.00. The first-order valence-corrected chi connectivity index (χ1v) is 11.2. The van der Waals surface area contributed by atoms with Crippen molar-refractivity contribution in [3.8, 4) is 0 Å². The molecule has 0 radical (unpaired) electrons. The molecule has 0 aromatic rings. The van der Waals surface area contributed by atoms with E-state index in [1.54, 1.807) is 0 Å². The van der Waals surface area contributed by atoms with Gasteiger partial charge in [0.05, 0.1) is 0 Å². The predicted octanol–water partition coefficient (Wildman–Crippen LogP) is 9.92. The minimum atomic E-state index is -11.0. The molecule has 47 heavy (non-hydrogen) atoms. The lowest BCUT2D eigenvalue weighted by Crippen LogP contribution is -2.75. The molecule has 0 aromatic carbocycles. The summed E-state index contributed by atoms with van der Waals surface area (Å²) in [5.74, 6) is -94.3. The van der Waals surface area contributed by atoms with Crippen LogP contribution < -0.4 is 0 Å². The van der Waals surface area contributed by atoms with Gasteiger partial charge in [0, 0.05) is 0 Å². The summed E-state index contributed by atoms with van der Waals surface area (Å²) >= 11 is 0. The van der Waals surface area contributed by atoms with Crippen LogP contribution in [0.2, 0.25) is 0 Å². The number of rotatable bonds is 12. The van der Waals surface area contributed by atoms with Crippen LogP contribution in [0.1, 0.15) is 0 Å². The molecule has 1 N–H and O–H groups in total. The van der Waals surface area contributed by atoms with Gasteiger partial charge in [0.2, 0.25) is 0 Å². The number of hydrogen-bond acceptors (Lipinski definition) is 1. The molecule has 0 saturated heterocycles. The van der Waals surface area contributed by atoms with Gasteiger partial charge < -0.3 is 4.89 Å². The van der Waals surface area contributed by atoms with Crippen molar-refractivity contribution >= 4 is 7.37 Å². The molecule has 0 aliphatic heterocycles. The number of hydrogen-bond donors (Lipinski definition) is 1. The third-order valence-corrected chi connectivity index (χ3v) is 7.47. The Balaban J connectivity index is 7.64. The third kappa shape index (κ3) is 5.07. The lowest BCUT2D eigenvalue weighted by molar-refractivity contribution is -0.458. The van der Waals surface area contributed by atoms with Crippen LogP contribution in [0.4, 0.5) is 132 Å². The van der Waals surface area contributed by atoms with Gasteiger partial charge in [-0.2, -0.15) is 132 Å². The van der Waals surface area contributed by atoms with Crippen molar-refractivity contribution in [2.75, 3.05) is 0 Å². The van der Waals surface area contributed by atoms with Crippen LogP contribution in [-0.4, -0.2) is 87.8 Å². The summed E-state index contributed by atoms with van der Waals surface area (Å²) in [5, 5.41) is 0. The van der Waals surface area contributed by atoms with Crippen LogP contribution in [0.5, 0.6) is 0 Å². The van der Waals surface area contributed by atoms with Gasteiger partial charge in [0.15, 0.2) is 0 Å². The van der Waals surface area contributed by atoms with Crippen LogP contribution in [0, 0.1) is 0 Å². The molecular formula is C14HF30O2P. The summed E-state index contributed by atoms with van der Waals surface area (Å²) in [6.45, 7) is 0. The maximum absolute atomic E-state index is 13.8. The predicted molar refractivity (Wildman–Crippen MR) is 81.3 cm³/mol. The van der Waals surface area contributed by atoms with Crippen molar-refractivity contribution in [3.63, 3.8) is 0 Å². The van der Waals surface area contributed by atoms with Crippen molar-refractivity contribution in [3.05, 3.63) is 0 Å². The minimum absolute atomic E-state index is 8.30. The van der Waals surface area contributed by atoms with Crippen LogP contribution in [0.25, 0.3) is 0 Å². The molecule has 1 atom stereocenters. The molecule has 0 aliphatic carbocycles. The average molecular weight is 802 g/mol. The second-order valence-electron chi connectivity index (χ2n) is 8.40. The Hall–Kier alpha value is -1.91. The molecule has 0 fully saturated rings. The van der Waals surface area contributed by atoms with E-state index in [1.807, 2.05) is 0 Å². The van der Waals surface area contributed by atoms with Gasteiger partial charge in [-0.1, -0.05) is 0 Å². The molecule has 284 valence electrons. The van der Waals surface area contributed by atoms with Gasteiger partial charge in [0.1, 0.15) is 0 Å². The SMILES string of the molecule is O=P(O)(C(F)(F)C(F)(F)C(F)(F)C(F)(F)C(F)(F)C(F)(F)F)C(F)(F)C(F)(F)C(F)(F)C(F)(F)C(F)(F)C(F)(F)C(F)(F)C(F)(F)F. The van der Waals surface area contributed by atoms with Crippen molar-refractivity contribution in [2.24, 2.45) is 0 Å². The Bertz CT molecular complexity index is 1220. The van der Waals surface area contributed by atoms with E-state index in [0.717, 1.165) is 0 Å². The quantitative estimate of drug-likeness (QED) is 0.158. The second kappa shape index (κ2) is 10.5. The molecule has 0 spiro atoms. The Morgan fingerprint density at radius 3 is 0.532 bits per heavy atom. The fourth-order valence-corrected chi connectivity index (χ4v) is 3.87. The fourth-order valence-electron chi connectivity index (χ4n) is 2.47. The van der Waals surface area contributed by atoms with E-state index in [-0.39, 0.29) is 0 Å². The van der Waals surface area contributed by atoms with Crippen molar-refractivity contribution < 1.29 is 141 Å². The van der Waals surface area contributed by atoms with E-state index in [1.165, 1.54) is 0 Å². The van der Waals surface area contributed by atoms with E-state index in [9.17, 15) is 136 Å². The minimum Gasteiger partial charge on any atom is -0.336 e. The van der Waals surface area contributed by atoms with Crippen LogP contribution in [0.3, 0.4) is 0 Å². The van der Waals surface area contributed by atoms with E-state index in [0.29, 0.717) is 0 Å². The second-order valence-corrected chi connectivity index (χ2v) is 10.7. The smallest absolute Gasteiger partial charge is 0.336 e. The highest BCUT2D eigenvalue weighted by atomic mass is 31.2. The molecule has 0 saturated carbocycles. The summed E-state index contributed by atoms with van der Waals surface area (Å²) < 4.78 is 404. The third-order valence-electron chi connectivity index (χ3n) is 5.38. The summed E-state index contributed by atoms with van der Waals surface area (Å²) in [4.78, 5) is 8.39. The topological polar surface area (TPSA) is 37.3 Å². The van der Waals surface area contributed by atoms with Gasteiger partial charge in [0.25, 0.3) is 0 Å². The molecule has 33 heteroatoms. The highest BCUT2D eigenvalue weighted by molar-refractivity contribution is 7.60. The Morgan fingerprint density at radius 1 is 0.255 bits per heavy atom. The zero-order valence-electron chi connectivity index (χ0n) is 19.6. The van der Waals surface area contributed by atoms with Crippen molar-refractivity contribution in [2.45, 2.75) is 82.9 Å². The van der Waals surface area contributed by atoms with Gasteiger partial charge in [-0.05, 0) is 0 Å². The van der Waals surface area contributed by atoms with Crippen LogP contribution in [-0.2, 0) is 4.57 Å². The van der Waals surface area contributed by atoms with Gasteiger partial charge >= 0.3 is 90.3 Å². The Kier molecular flexibility index (Phi) is 10.1. The molecule has 0 aliphatic rings. The lowest BCUT2D eigenvalue weighted by Gasteiger charge is -2.45. The summed E-state index contributed by atoms with van der Waals surface area (Å²) in [6.07, 6.45) is -16.6. The Labute approximate surface area is 233 Å². The van der Waals surface area contributed by atoms with E-state index in [2.05, 4.69) is 0 Å². The first kappa shape index (κ1) is 45.1. The molecule has 0 amide bonds. The van der Waals surface area contributed by atoms with Crippen LogP contribution in [0.15, 0.2) is 0 Å². The standard InChI is InChI=1S/C14HF30O2P/c15-1(16,3(19,20)7(27,28)11(35,36)37)2(17,18)5(23,24)9(31,32)13(41,42)47(45,46)14(43,44)10(33,34)6(25,26)4(21,22)8(29,30)12(38,39)40/h(H,45,46). The number of halogens is 30. The van der Waals surface area contributed by atoms with E-state index >= 15 is 0 Å².